The quantitative estimate of drug-likeness (QED) is 0.773. The van der Waals surface area contributed by atoms with Crippen molar-refractivity contribution in [3.63, 3.8) is 0 Å². The van der Waals surface area contributed by atoms with Crippen molar-refractivity contribution in [2.45, 2.75) is 12.7 Å². The number of hydrogen-bond acceptors (Lipinski definition) is 2. The molecule has 1 amide bonds. The minimum Gasteiger partial charge on any atom is -0.300 e. The third kappa shape index (κ3) is 2.59. The molecule has 0 spiro atoms. The number of Topliss-reactive ketones (excluding diaryl/α,β-unsaturated/α-hetero) is 1. The number of hydrogen-bond donors (Lipinski definition) is 0. The molecule has 1 aliphatic rings. The van der Waals surface area contributed by atoms with Crippen LogP contribution in [0.15, 0.2) is 42.5 Å². The van der Waals surface area contributed by atoms with Crippen molar-refractivity contribution in [1.29, 1.82) is 0 Å². The minimum atomic E-state index is -4.67. The van der Waals surface area contributed by atoms with E-state index in [2.05, 4.69) is 0 Å². The highest BCUT2D eigenvalue weighted by Crippen LogP contribution is 2.42. The Kier molecular flexibility index (Phi) is 3.64. The van der Waals surface area contributed by atoms with Crippen molar-refractivity contribution < 1.29 is 22.8 Å². The highest BCUT2D eigenvalue weighted by molar-refractivity contribution is 6.52. The number of halogens is 4. The standard InChI is InChI=1S/C16H9ClF3NO2/c17-12-7-2-1-4-9(12)8-21-13-10(14(22)15(21)23)5-3-6-11(13)16(18,19)20/h1-7H,8H2. The van der Waals surface area contributed by atoms with Gasteiger partial charge in [-0.1, -0.05) is 35.9 Å². The number of para-hydroxylation sites is 1. The fourth-order valence-electron chi connectivity index (χ4n) is 2.53. The topological polar surface area (TPSA) is 37.4 Å². The molecular weight excluding hydrogens is 331 g/mol. The highest BCUT2D eigenvalue weighted by Gasteiger charge is 2.44. The number of nitrogens with zero attached hydrogens (tertiary/aromatic N) is 1. The van der Waals surface area contributed by atoms with Crippen molar-refractivity contribution in [2.24, 2.45) is 0 Å². The number of fused-ring (bicyclic) bond motifs is 1. The van der Waals surface area contributed by atoms with Crippen LogP contribution in [0, 0.1) is 0 Å². The first-order valence-electron chi connectivity index (χ1n) is 6.60. The van der Waals surface area contributed by atoms with E-state index in [0.717, 1.165) is 17.0 Å². The second-order valence-electron chi connectivity index (χ2n) is 5.01. The van der Waals surface area contributed by atoms with E-state index in [9.17, 15) is 22.8 Å². The van der Waals surface area contributed by atoms with E-state index in [1.807, 2.05) is 0 Å². The average molecular weight is 340 g/mol. The van der Waals surface area contributed by atoms with Crippen molar-refractivity contribution in [1.82, 2.24) is 0 Å². The Balaban J connectivity index is 2.13. The van der Waals surface area contributed by atoms with Crippen LogP contribution in [0.2, 0.25) is 5.02 Å². The van der Waals surface area contributed by atoms with Crippen LogP contribution < -0.4 is 4.90 Å². The maximum atomic E-state index is 13.2. The molecule has 0 saturated carbocycles. The van der Waals surface area contributed by atoms with E-state index in [-0.39, 0.29) is 12.1 Å². The molecule has 1 heterocycles. The van der Waals surface area contributed by atoms with Crippen LogP contribution in [-0.4, -0.2) is 11.7 Å². The van der Waals surface area contributed by atoms with E-state index in [1.165, 1.54) is 6.07 Å². The summed E-state index contributed by atoms with van der Waals surface area (Å²) in [6.45, 7) is -0.204. The summed E-state index contributed by atoms with van der Waals surface area (Å²) >= 11 is 6.00. The largest absolute Gasteiger partial charge is 0.418 e. The fourth-order valence-corrected chi connectivity index (χ4v) is 2.73. The minimum absolute atomic E-state index is 0.204. The van der Waals surface area contributed by atoms with E-state index in [0.29, 0.717) is 10.6 Å². The molecule has 0 aromatic heterocycles. The van der Waals surface area contributed by atoms with E-state index in [4.69, 9.17) is 11.6 Å². The summed E-state index contributed by atoms with van der Waals surface area (Å²) in [4.78, 5) is 24.9. The SMILES string of the molecule is O=C1C(=O)N(Cc2ccccc2Cl)c2c1cccc2C(F)(F)F. The molecule has 3 nitrogen and oxygen atoms in total. The van der Waals surface area contributed by atoms with Gasteiger partial charge in [0.15, 0.2) is 0 Å². The van der Waals surface area contributed by atoms with Crippen LogP contribution in [0.4, 0.5) is 18.9 Å². The number of carbonyl (C=O) groups excluding carboxylic acids is 2. The molecule has 2 aromatic rings. The predicted octanol–water partition coefficient (Wildman–Crippen LogP) is 4.09. The molecule has 0 aliphatic carbocycles. The van der Waals surface area contributed by atoms with Crippen molar-refractivity contribution >= 4 is 29.0 Å². The van der Waals surface area contributed by atoms with Gasteiger partial charge in [-0.3, -0.25) is 14.5 Å². The van der Waals surface area contributed by atoms with Crippen molar-refractivity contribution in [3.05, 3.63) is 64.2 Å². The van der Waals surface area contributed by atoms with Crippen LogP contribution in [0.1, 0.15) is 21.5 Å². The third-order valence-corrected chi connectivity index (χ3v) is 3.95. The number of benzene rings is 2. The van der Waals surface area contributed by atoms with Gasteiger partial charge in [-0.2, -0.15) is 13.2 Å². The van der Waals surface area contributed by atoms with Gasteiger partial charge < -0.3 is 0 Å². The van der Waals surface area contributed by atoms with Gasteiger partial charge in [-0.25, -0.2) is 0 Å². The van der Waals surface area contributed by atoms with Gasteiger partial charge in [0.1, 0.15) is 0 Å². The zero-order valence-electron chi connectivity index (χ0n) is 11.5. The summed E-state index contributed by atoms with van der Waals surface area (Å²) in [6.07, 6.45) is -4.67. The lowest BCUT2D eigenvalue weighted by Gasteiger charge is -2.21. The van der Waals surface area contributed by atoms with Crippen molar-refractivity contribution in [3.8, 4) is 0 Å². The molecule has 3 rings (SSSR count). The van der Waals surface area contributed by atoms with Gasteiger partial charge in [0.25, 0.3) is 11.7 Å². The van der Waals surface area contributed by atoms with Gasteiger partial charge in [-0.05, 0) is 23.8 Å². The van der Waals surface area contributed by atoms with Crippen LogP contribution in [0.5, 0.6) is 0 Å². The fraction of sp³-hybridized carbons (Fsp3) is 0.125. The maximum absolute atomic E-state index is 13.2. The summed E-state index contributed by atoms with van der Waals surface area (Å²) in [5.74, 6) is -1.94. The molecule has 7 heteroatoms. The van der Waals surface area contributed by atoms with Gasteiger partial charge in [-0.15, -0.1) is 0 Å². The molecule has 0 atom stereocenters. The van der Waals surface area contributed by atoms with Crippen molar-refractivity contribution in [2.75, 3.05) is 4.90 Å². The molecule has 23 heavy (non-hydrogen) atoms. The molecule has 1 aliphatic heterocycles. The molecule has 0 unspecified atom stereocenters. The van der Waals surface area contributed by atoms with E-state index >= 15 is 0 Å². The number of anilines is 1. The van der Waals surface area contributed by atoms with Crippen LogP contribution in [0.3, 0.4) is 0 Å². The molecule has 0 N–H and O–H groups in total. The zero-order chi connectivity index (χ0) is 16.8. The summed E-state index contributed by atoms with van der Waals surface area (Å²) in [5, 5.41) is 0.311. The Morgan fingerprint density at radius 1 is 1.00 bits per heavy atom. The third-order valence-electron chi connectivity index (χ3n) is 3.58. The van der Waals surface area contributed by atoms with Crippen LogP contribution >= 0.6 is 11.6 Å². The zero-order valence-corrected chi connectivity index (χ0v) is 12.3. The van der Waals surface area contributed by atoms with Gasteiger partial charge in [0.05, 0.1) is 23.4 Å². The molecule has 118 valence electrons. The molecule has 0 radical (unpaired) electrons. The van der Waals surface area contributed by atoms with Crippen LogP contribution in [0.25, 0.3) is 0 Å². The number of alkyl halides is 3. The Bertz CT molecular complexity index is 817. The van der Waals surface area contributed by atoms with Gasteiger partial charge in [0.2, 0.25) is 0 Å². The van der Waals surface area contributed by atoms with E-state index < -0.39 is 29.1 Å². The van der Waals surface area contributed by atoms with Gasteiger partial charge >= 0.3 is 6.18 Å². The molecule has 0 fully saturated rings. The monoisotopic (exact) mass is 339 g/mol. The smallest absolute Gasteiger partial charge is 0.300 e. The van der Waals surface area contributed by atoms with E-state index in [1.54, 1.807) is 24.3 Å². The second-order valence-corrected chi connectivity index (χ2v) is 5.42. The molecular formula is C16H9ClF3NO2. The predicted molar refractivity (Wildman–Crippen MR) is 78.4 cm³/mol. The summed E-state index contributed by atoms with van der Waals surface area (Å²) in [7, 11) is 0. The number of amides is 1. The second kappa shape index (κ2) is 5.38. The number of ketones is 1. The first-order valence-corrected chi connectivity index (χ1v) is 6.98. The van der Waals surface area contributed by atoms with Crippen LogP contribution in [-0.2, 0) is 17.5 Å². The number of carbonyl (C=O) groups is 2. The molecule has 0 saturated heterocycles. The lowest BCUT2D eigenvalue weighted by atomic mass is 10.1. The average Bonchev–Trinajstić information content (AvgIpc) is 2.74. The Hall–Kier alpha value is -2.34. The summed E-state index contributed by atoms with van der Waals surface area (Å²) in [5.41, 5.74) is -1.20. The highest BCUT2D eigenvalue weighted by atomic mass is 35.5. The Morgan fingerprint density at radius 2 is 1.70 bits per heavy atom. The molecule has 0 bridgehead atoms. The lowest BCUT2D eigenvalue weighted by molar-refractivity contribution is -0.137. The Morgan fingerprint density at radius 3 is 2.35 bits per heavy atom. The summed E-state index contributed by atoms with van der Waals surface area (Å²) < 4.78 is 39.6. The normalized spacial score (nSPS) is 14.3. The summed E-state index contributed by atoms with van der Waals surface area (Å²) in [6, 6.07) is 9.66. The maximum Gasteiger partial charge on any atom is 0.418 e. The Labute approximate surface area is 134 Å². The molecule has 2 aromatic carbocycles. The first-order chi connectivity index (χ1) is 10.8. The van der Waals surface area contributed by atoms with Gasteiger partial charge in [0, 0.05) is 5.02 Å². The number of rotatable bonds is 2. The first kappa shape index (κ1) is 15.6. The lowest BCUT2D eigenvalue weighted by Crippen LogP contribution is -2.30.